The van der Waals surface area contributed by atoms with E-state index in [1.165, 1.54) is 14.2 Å². The summed E-state index contributed by atoms with van der Waals surface area (Å²) in [7, 11) is 4.63. The van der Waals surface area contributed by atoms with Crippen LogP contribution in [0.5, 0.6) is 17.2 Å². The Morgan fingerprint density at radius 1 is 0.905 bits per heavy atom. The molecule has 2 aromatic rings. The molecule has 0 spiro atoms. The van der Waals surface area contributed by atoms with Crippen LogP contribution in [0.3, 0.4) is 0 Å². The van der Waals surface area contributed by atoms with Gasteiger partial charge in [0.15, 0.2) is 0 Å². The summed E-state index contributed by atoms with van der Waals surface area (Å²) >= 11 is 0. The van der Waals surface area contributed by atoms with Crippen LogP contribution in [0.15, 0.2) is 42.5 Å². The monoisotopic (exact) mass is 287 g/mol. The van der Waals surface area contributed by atoms with Crippen molar-refractivity contribution in [2.24, 2.45) is 0 Å². The quantitative estimate of drug-likeness (QED) is 0.918. The van der Waals surface area contributed by atoms with E-state index in [0.717, 1.165) is 0 Å². The molecule has 5 nitrogen and oxygen atoms in total. The topological polar surface area (TPSA) is 56.8 Å². The second kappa shape index (κ2) is 6.65. The molecular formula is C16H17NO4. The number of methoxy groups -OCH3 is 3. The third kappa shape index (κ3) is 3.25. The first-order chi connectivity index (χ1) is 10.2. The second-order valence-corrected chi connectivity index (χ2v) is 4.22. The summed E-state index contributed by atoms with van der Waals surface area (Å²) in [6.07, 6.45) is 0. The Kier molecular flexibility index (Phi) is 4.66. The van der Waals surface area contributed by atoms with Gasteiger partial charge >= 0.3 is 0 Å². The van der Waals surface area contributed by atoms with Crippen LogP contribution in [0.2, 0.25) is 0 Å². The van der Waals surface area contributed by atoms with Crippen LogP contribution in [0.1, 0.15) is 10.4 Å². The summed E-state index contributed by atoms with van der Waals surface area (Å²) in [6.45, 7) is 0. The first-order valence-electron chi connectivity index (χ1n) is 6.36. The number of benzene rings is 2. The van der Waals surface area contributed by atoms with Crippen LogP contribution in [0, 0.1) is 0 Å². The molecule has 0 bridgehead atoms. The molecule has 110 valence electrons. The number of hydrogen-bond acceptors (Lipinski definition) is 4. The SMILES string of the molecule is COc1ccc(NC(=O)c2ccccc2OC)c(OC)c1. The minimum Gasteiger partial charge on any atom is -0.497 e. The maximum Gasteiger partial charge on any atom is 0.259 e. The van der Waals surface area contributed by atoms with E-state index >= 15 is 0 Å². The number of amides is 1. The molecule has 0 saturated carbocycles. The highest BCUT2D eigenvalue weighted by Crippen LogP contribution is 2.30. The number of ether oxygens (including phenoxy) is 3. The predicted octanol–water partition coefficient (Wildman–Crippen LogP) is 2.96. The normalized spacial score (nSPS) is 9.86. The number of nitrogens with one attached hydrogen (secondary N) is 1. The van der Waals surface area contributed by atoms with Gasteiger partial charge in [0.1, 0.15) is 17.2 Å². The number of hydrogen-bond donors (Lipinski definition) is 1. The van der Waals surface area contributed by atoms with E-state index in [1.54, 1.807) is 43.5 Å². The smallest absolute Gasteiger partial charge is 0.259 e. The highest BCUT2D eigenvalue weighted by molar-refractivity contribution is 6.06. The molecule has 0 fully saturated rings. The Labute approximate surface area is 123 Å². The molecule has 0 saturated heterocycles. The van der Waals surface area contributed by atoms with Gasteiger partial charge in [0.2, 0.25) is 0 Å². The van der Waals surface area contributed by atoms with Crippen molar-refractivity contribution in [1.29, 1.82) is 0 Å². The molecule has 0 aliphatic heterocycles. The summed E-state index contributed by atoms with van der Waals surface area (Å²) in [6, 6.07) is 12.2. The molecule has 0 heterocycles. The highest BCUT2D eigenvalue weighted by Gasteiger charge is 2.14. The Bertz CT molecular complexity index is 640. The zero-order valence-corrected chi connectivity index (χ0v) is 12.2. The Morgan fingerprint density at radius 2 is 1.62 bits per heavy atom. The Balaban J connectivity index is 2.27. The van der Waals surface area contributed by atoms with E-state index < -0.39 is 0 Å². The Morgan fingerprint density at radius 3 is 2.29 bits per heavy atom. The lowest BCUT2D eigenvalue weighted by atomic mass is 10.1. The molecule has 0 atom stereocenters. The standard InChI is InChI=1S/C16H17NO4/c1-19-11-8-9-13(15(10-11)21-3)17-16(18)12-6-4-5-7-14(12)20-2/h4-10H,1-3H3,(H,17,18). The molecular weight excluding hydrogens is 270 g/mol. The van der Waals surface area contributed by atoms with Gasteiger partial charge in [-0.25, -0.2) is 0 Å². The molecule has 2 rings (SSSR count). The molecule has 1 amide bonds. The van der Waals surface area contributed by atoms with Crippen LogP contribution in [-0.4, -0.2) is 27.2 Å². The van der Waals surface area contributed by atoms with Crippen molar-refractivity contribution in [2.75, 3.05) is 26.6 Å². The lowest BCUT2D eigenvalue weighted by molar-refractivity contribution is 0.102. The van der Waals surface area contributed by atoms with Crippen LogP contribution in [0.4, 0.5) is 5.69 Å². The molecule has 1 N–H and O–H groups in total. The second-order valence-electron chi connectivity index (χ2n) is 4.22. The van der Waals surface area contributed by atoms with E-state index in [-0.39, 0.29) is 5.91 Å². The van der Waals surface area contributed by atoms with Gasteiger partial charge in [-0.3, -0.25) is 4.79 Å². The van der Waals surface area contributed by atoms with Crippen LogP contribution in [0.25, 0.3) is 0 Å². The summed E-state index contributed by atoms with van der Waals surface area (Å²) in [5.74, 6) is 1.43. The number of para-hydroxylation sites is 1. The largest absolute Gasteiger partial charge is 0.497 e. The van der Waals surface area contributed by atoms with E-state index in [0.29, 0.717) is 28.5 Å². The Hall–Kier alpha value is -2.69. The van der Waals surface area contributed by atoms with Gasteiger partial charge in [0, 0.05) is 6.07 Å². The molecule has 0 aliphatic carbocycles. The molecule has 0 aromatic heterocycles. The fourth-order valence-corrected chi connectivity index (χ4v) is 1.92. The summed E-state index contributed by atoms with van der Waals surface area (Å²) in [5.41, 5.74) is 1.02. The average Bonchev–Trinajstić information content (AvgIpc) is 2.55. The third-order valence-electron chi connectivity index (χ3n) is 3.01. The van der Waals surface area contributed by atoms with Gasteiger partial charge in [-0.1, -0.05) is 12.1 Å². The fourth-order valence-electron chi connectivity index (χ4n) is 1.92. The van der Waals surface area contributed by atoms with E-state index in [9.17, 15) is 4.79 Å². The number of anilines is 1. The molecule has 0 radical (unpaired) electrons. The van der Waals surface area contributed by atoms with Gasteiger partial charge in [-0.05, 0) is 24.3 Å². The van der Waals surface area contributed by atoms with Crippen LogP contribution >= 0.6 is 0 Å². The third-order valence-corrected chi connectivity index (χ3v) is 3.01. The lowest BCUT2D eigenvalue weighted by Crippen LogP contribution is -2.13. The van der Waals surface area contributed by atoms with Gasteiger partial charge < -0.3 is 19.5 Å². The van der Waals surface area contributed by atoms with Crippen molar-refractivity contribution < 1.29 is 19.0 Å². The first kappa shape index (κ1) is 14.7. The minimum absolute atomic E-state index is 0.268. The number of carbonyl (C=O) groups excluding carboxylic acids is 1. The average molecular weight is 287 g/mol. The van der Waals surface area contributed by atoms with Crippen LogP contribution in [-0.2, 0) is 0 Å². The van der Waals surface area contributed by atoms with Gasteiger partial charge in [-0.2, -0.15) is 0 Å². The zero-order chi connectivity index (χ0) is 15.2. The van der Waals surface area contributed by atoms with E-state index in [4.69, 9.17) is 14.2 Å². The van der Waals surface area contributed by atoms with Gasteiger partial charge in [-0.15, -0.1) is 0 Å². The molecule has 21 heavy (non-hydrogen) atoms. The first-order valence-corrected chi connectivity index (χ1v) is 6.36. The van der Waals surface area contributed by atoms with Crippen molar-refractivity contribution >= 4 is 11.6 Å². The summed E-state index contributed by atoms with van der Waals surface area (Å²) in [4.78, 5) is 12.3. The lowest BCUT2D eigenvalue weighted by Gasteiger charge is -2.13. The molecule has 2 aromatic carbocycles. The molecule has 0 aliphatic rings. The van der Waals surface area contributed by atoms with Gasteiger partial charge in [0.05, 0.1) is 32.6 Å². The zero-order valence-electron chi connectivity index (χ0n) is 12.2. The molecule has 0 unspecified atom stereocenters. The van der Waals surface area contributed by atoms with Gasteiger partial charge in [0.25, 0.3) is 5.91 Å². The minimum atomic E-state index is -0.268. The maximum absolute atomic E-state index is 12.3. The van der Waals surface area contributed by atoms with Crippen molar-refractivity contribution in [3.05, 3.63) is 48.0 Å². The maximum atomic E-state index is 12.3. The fraction of sp³-hybridized carbons (Fsp3) is 0.188. The van der Waals surface area contributed by atoms with Crippen LogP contribution < -0.4 is 19.5 Å². The predicted molar refractivity (Wildman–Crippen MR) is 80.5 cm³/mol. The van der Waals surface area contributed by atoms with Crippen molar-refractivity contribution in [3.63, 3.8) is 0 Å². The highest BCUT2D eigenvalue weighted by atomic mass is 16.5. The number of carbonyl (C=O) groups is 1. The number of rotatable bonds is 5. The van der Waals surface area contributed by atoms with E-state index in [1.807, 2.05) is 6.07 Å². The summed E-state index contributed by atoms with van der Waals surface area (Å²) < 4.78 is 15.6. The van der Waals surface area contributed by atoms with Crippen molar-refractivity contribution in [2.45, 2.75) is 0 Å². The van der Waals surface area contributed by atoms with Crippen molar-refractivity contribution in [3.8, 4) is 17.2 Å². The van der Waals surface area contributed by atoms with Crippen molar-refractivity contribution in [1.82, 2.24) is 0 Å². The molecule has 5 heteroatoms. The summed E-state index contributed by atoms with van der Waals surface area (Å²) in [5, 5.41) is 2.80. The van der Waals surface area contributed by atoms with E-state index in [2.05, 4.69) is 5.32 Å².